The number of anilines is 1. The third-order valence-corrected chi connectivity index (χ3v) is 9.77. The summed E-state index contributed by atoms with van der Waals surface area (Å²) < 4.78 is 25.6. The predicted octanol–water partition coefficient (Wildman–Crippen LogP) is 4.15. The van der Waals surface area contributed by atoms with Gasteiger partial charge in [0.05, 0.1) is 31.3 Å². The zero-order valence-corrected chi connectivity index (χ0v) is 27.1. The molecule has 2 aromatic heterocycles. The van der Waals surface area contributed by atoms with E-state index in [0.29, 0.717) is 5.70 Å². The van der Waals surface area contributed by atoms with Gasteiger partial charge in [-0.2, -0.15) is 0 Å². The second kappa shape index (κ2) is 10.7. The Morgan fingerprint density at radius 1 is 1.02 bits per heavy atom. The molecule has 3 unspecified atom stereocenters. The zero-order chi connectivity index (χ0) is 34.4. The standard InChI is InChI=1S/C34H28ClN3O10/c1-14-12-17-22(28(39)34(14)29(40)24-20(45-4)13-21(46-5)26(35)27(24)48-34)23(25-30(36-17)37(2)33(44)38(3)31(25)41)19-11-10-18(47-19)15-8-6-7-9-16(15)32(42)43/h6-11,13-14,23,36H,12H2,1-5H3,(H,42,43). The largest absolute Gasteiger partial charge is 0.496 e. The minimum atomic E-state index is -2.10. The molecule has 0 amide bonds. The fourth-order valence-corrected chi connectivity index (χ4v) is 7.28. The number of aromatic nitrogens is 2. The number of aromatic carboxylic acids is 1. The normalized spacial score (nSPS) is 21.0. The van der Waals surface area contributed by atoms with Gasteiger partial charge in [-0.3, -0.25) is 23.5 Å². The second-order valence-corrected chi connectivity index (χ2v) is 12.2. The van der Waals surface area contributed by atoms with Crippen molar-refractivity contribution in [3.05, 3.63) is 102 Å². The van der Waals surface area contributed by atoms with E-state index in [9.17, 15) is 24.3 Å². The Bertz CT molecular complexity index is 2280. The van der Waals surface area contributed by atoms with Crippen LogP contribution in [0, 0.1) is 5.92 Å². The van der Waals surface area contributed by atoms with E-state index in [1.807, 2.05) is 0 Å². The first-order valence-electron chi connectivity index (χ1n) is 14.8. The monoisotopic (exact) mass is 673 g/mol. The molecular weight excluding hydrogens is 646 g/mol. The summed E-state index contributed by atoms with van der Waals surface area (Å²) in [7, 11) is 5.56. The third-order valence-electron chi connectivity index (χ3n) is 9.41. The molecule has 0 saturated heterocycles. The van der Waals surface area contributed by atoms with Crippen LogP contribution < -0.4 is 30.8 Å². The topological polar surface area (TPSA) is 168 Å². The van der Waals surface area contributed by atoms with Crippen LogP contribution in [0.5, 0.6) is 17.2 Å². The number of ether oxygens (including phenoxy) is 3. The Morgan fingerprint density at radius 3 is 2.42 bits per heavy atom. The summed E-state index contributed by atoms with van der Waals surface area (Å²) in [6.07, 6.45) is 0.0899. The van der Waals surface area contributed by atoms with Gasteiger partial charge in [-0.15, -0.1) is 0 Å². The maximum Gasteiger partial charge on any atom is 0.336 e. The highest BCUT2D eigenvalue weighted by Gasteiger charge is 2.64. The predicted molar refractivity (Wildman–Crippen MR) is 172 cm³/mol. The number of Topliss-reactive ketones (excluding diaryl/α,β-unsaturated/α-hetero) is 2. The fraction of sp³-hybridized carbons (Fsp3) is 0.265. The summed E-state index contributed by atoms with van der Waals surface area (Å²) in [5.74, 6) is -3.92. The Hall–Kier alpha value is -5.56. The van der Waals surface area contributed by atoms with Crippen LogP contribution in [-0.4, -0.2) is 51.6 Å². The van der Waals surface area contributed by atoms with Gasteiger partial charge >= 0.3 is 11.7 Å². The zero-order valence-electron chi connectivity index (χ0n) is 26.3. The van der Waals surface area contributed by atoms with Crippen molar-refractivity contribution in [1.29, 1.82) is 0 Å². The molecule has 0 radical (unpaired) electrons. The molecule has 48 heavy (non-hydrogen) atoms. The van der Waals surface area contributed by atoms with Gasteiger partial charge in [0, 0.05) is 42.9 Å². The first-order valence-corrected chi connectivity index (χ1v) is 15.2. The van der Waals surface area contributed by atoms with Crippen molar-refractivity contribution in [1.82, 2.24) is 9.13 Å². The summed E-state index contributed by atoms with van der Waals surface area (Å²) >= 11 is 6.62. The number of furan rings is 1. The van der Waals surface area contributed by atoms with E-state index in [1.54, 1.807) is 31.2 Å². The van der Waals surface area contributed by atoms with Crippen LogP contribution in [0.25, 0.3) is 11.3 Å². The highest BCUT2D eigenvalue weighted by Crippen LogP contribution is 2.56. The van der Waals surface area contributed by atoms with Gasteiger partial charge in [0.2, 0.25) is 17.2 Å². The number of ketones is 2. The number of allylic oxidation sites excluding steroid dienone is 1. The van der Waals surface area contributed by atoms with Gasteiger partial charge < -0.3 is 29.1 Å². The molecule has 14 heteroatoms. The van der Waals surface area contributed by atoms with Gasteiger partial charge in [-0.25, -0.2) is 9.59 Å². The van der Waals surface area contributed by atoms with Crippen molar-refractivity contribution in [2.24, 2.45) is 20.0 Å². The number of fused-ring (bicyclic) bond motifs is 2. The molecule has 1 aliphatic carbocycles. The first-order chi connectivity index (χ1) is 22.9. The van der Waals surface area contributed by atoms with Gasteiger partial charge in [0.25, 0.3) is 5.56 Å². The van der Waals surface area contributed by atoms with E-state index in [2.05, 4.69) is 5.32 Å². The molecule has 7 rings (SSSR count). The van der Waals surface area contributed by atoms with Crippen LogP contribution in [0.3, 0.4) is 0 Å². The summed E-state index contributed by atoms with van der Waals surface area (Å²) in [4.78, 5) is 68.4. The SMILES string of the molecule is COc1cc(OC)c2c(c1Cl)OC1(C(=O)C3=C(CC1C)Nc1c(c(=O)n(C)c(=O)n1C)C3c1ccc(-c3ccccc3C(=O)O)o1)C2=O. The number of carbonyl (C=O) groups excluding carboxylic acids is 2. The van der Waals surface area contributed by atoms with Crippen molar-refractivity contribution in [3.63, 3.8) is 0 Å². The third kappa shape index (κ3) is 4.00. The number of methoxy groups -OCH3 is 2. The number of carboxylic acids is 1. The maximum absolute atomic E-state index is 15.0. The highest BCUT2D eigenvalue weighted by molar-refractivity contribution is 6.36. The fourth-order valence-electron chi connectivity index (χ4n) is 7.01. The minimum Gasteiger partial charge on any atom is -0.496 e. The van der Waals surface area contributed by atoms with Crippen molar-refractivity contribution in [2.75, 3.05) is 19.5 Å². The van der Waals surface area contributed by atoms with E-state index in [1.165, 1.54) is 51.1 Å². The van der Waals surface area contributed by atoms with E-state index in [-0.39, 0.29) is 73.9 Å². The Labute approximate surface area is 276 Å². The maximum atomic E-state index is 15.0. The average Bonchev–Trinajstić information content (AvgIpc) is 3.69. The summed E-state index contributed by atoms with van der Waals surface area (Å²) in [6.45, 7) is 1.69. The summed E-state index contributed by atoms with van der Waals surface area (Å²) in [5.41, 5.74) is -2.76. The molecule has 0 fully saturated rings. The molecule has 2 aromatic carbocycles. The first kappa shape index (κ1) is 31.1. The molecule has 13 nitrogen and oxygen atoms in total. The quantitative estimate of drug-likeness (QED) is 0.292. The van der Waals surface area contributed by atoms with E-state index < -0.39 is 46.2 Å². The lowest BCUT2D eigenvalue weighted by molar-refractivity contribution is -0.130. The molecule has 0 saturated carbocycles. The number of benzene rings is 2. The number of hydrogen-bond donors (Lipinski definition) is 2. The number of carbonyl (C=O) groups is 3. The smallest absolute Gasteiger partial charge is 0.336 e. The number of carboxylic acid groups (broad SMARTS) is 1. The number of nitrogens with zero attached hydrogens (tertiary/aromatic N) is 2. The molecule has 0 bridgehead atoms. The van der Waals surface area contributed by atoms with Gasteiger partial charge in [-0.1, -0.05) is 36.7 Å². The lowest BCUT2D eigenvalue weighted by Crippen LogP contribution is -2.58. The lowest BCUT2D eigenvalue weighted by atomic mass is 9.66. The Balaban J connectivity index is 1.46. The molecule has 3 atom stereocenters. The molecule has 3 aliphatic rings. The van der Waals surface area contributed by atoms with Crippen molar-refractivity contribution in [3.8, 4) is 28.6 Å². The number of nitrogens with one attached hydrogen (secondary N) is 1. The van der Waals surface area contributed by atoms with Crippen LogP contribution in [0.15, 0.2) is 67.7 Å². The molecule has 4 heterocycles. The van der Waals surface area contributed by atoms with Crippen LogP contribution in [0.1, 0.15) is 51.3 Å². The molecule has 4 aromatic rings. The van der Waals surface area contributed by atoms with E-state index >= 15 is 4.79 Å². The molecule has 2 N–H and O–H groups in total. The van der Waals surface area contributed by atoms with Crippen molar-refractivity contribution >= 4 is 35.0 Å². The van der Waals surface area contributed by atoms with Crippen LogP contribution in [0.2, 0.25) is 5.02 Å². The number of hydrogen-bond acceptors (Lipinski definition) is 10. The highest BCUT2D eigenvalue weighted by atomic mass is 35.5. The van der Waals surface area contributed by atoms with Crippen molar-refractivity contribution < 1.29 is 38.1 Å². The van der Waals surface area contributed by atoms with Gasteiger partial charge in [0.1, 0.15) is 39.4 Å². The Kier molecular flexibility index (Phi) is 6.95. The summed E-state index contributed by atoms with van der Waals surface area (Å²) in [5, 5.41) is 12.9. The lowest BCUT2D eigenvalue weighted by Gasteiger charge is -2.42. The average molecular weight is 674 g/mol. The molecule has 2 aliphatic heterocycles. The van der Waals surface area contributed by atoms with Crippen LogP contribution in [-0.2, 0) is 18.9 Å². The molecule has 246 valence electrons. The molecule has 1 spiro atoms. The molecular formula is C34H28ClN3O10. The van der Waals surface area contributed by atoms with Crippen molar-refractivity contribution in [2.45, 2.75) is 24.9 Å². The van der Waals surface area contributed by atoms with Crippen LogP contribution >= 0.6 is 11.6 Å². The number of halogens is 1. The minimum absolute atomic E-state index is 0.0152. The Morgan fingerprint density at radius 2 is 1.73 bits per heavy atom. The van der Waals surface area contributed by atoms with Gasteiger partial charge in [-0.05, 0) is 24.6 Å². The van der Waals surface area contributed by atoms with Crippen LogP contribution in [0.4, 0.5) is 5.82 Å². The van der Waals surface area contributed by atoms with Gasteiger partial charge in [0.15, 0.2) is 5.75 Å². The second-order valence-electron chi connectivity index (χ2n) is 11.9. The van der Waals surface area contributed by atoms with E-state index in [4.69, 9.17) is 30.2 Å². The van der Waals surface area contributed by atoms with E-state index in [0.717, 1.165) is 4.57 Å². The number of rotatable bonds is 5. The summed E-state index contributed by atoms with van der Waals surface area (Å²) in [6, 6.07) is 10.8.